The number of aryl methyl sites for hydroxylation is 1. The quantitative estimate of drug-likeness (QED) is 0.391. The normalized spacial score (nSPS) is 17.6. The van der Waals surface area contributed by atoms with E-state index in [0.29, 0.717) is 19.8 Å². The first-order valence-electron chi connectivity index (χ1n) is 10.2. The van der Waals surface area contributed by atoms with Gasteiger partial charge in [-0.2, -0.15) is 0 Å². The highest BCUT2D eigenvalue weighted by Gasteiger charge is 2.32. The molecule has 0 fully saturated rings. The van der Waals surface area contributed by atoms with Crippen LogP contribution in [0.2, 0.25) is 0 Å². The first-order valence-corrected chi connectivity index (χ1v) is 11.8. The third kappa shape index (κ3) is 3.15. The fourth-order valence-electron chi connectivity index (χ4n) is 4.50. The van der Waals surface area contributed by atoms with E-state index in [0.717, 1.165) is 35.2 Å². The second-order valence-corrected chi connectivity index (χ2v) is 9.60. The van der Waals surface area contributed by atoms with E-state index in [1.54, 1.807) is 34.9 Å². The van der Waals surface area contributed by atoms with E-state index < -0.39 is 0 Å². The van der Waals surface area contributed by atoms with E-state index in [2.05, 4.69) is 28.1 Å². The highest BCUT2D eigenvalue weighted by molar-refractivity contribution is 9.10. The summed E-state index contributed by atoms with van der Waals surface area (Å²) < 4.78 is 22.2. The standard InChI is InChI=1S/C25H16BrFN2O2S/c26-21-12-10-17(31-21)13-20-24(30)29-23(15-5-8-16(27)9-6-15)19-11-7-14-3-1-2-4-18(14)22(19)28-25(29)32-20/h1-6,8-10,12-13,23H,7,11H2/b20-13-/t23-/m1/s1. The summed E-state index contributed by atoms with van der Waals surface area (Å²) in [5, 5.41) is 0. The molecule has 4 nitrogen and oxygen atoms in total. The van der Waals surface area contributed by atoms with Gasteiger partial charge < -0.3 is 4.42 Å². The molecule has 0 radical (unpaired) electrons. The minimum Gasteiger partial charge on any atom is -0.450 e. The average Bonchev–Trinajstić information content (AvgIpc) is 3.35. The van der Waals surface area contributed by atoms with E-state index in [-0.39, 0.29) is 17.4 Å². The molecule has 2 aliphatic rings. The molecule has 2 aromatic carbocycles. The summed E-state index contributed by atoms with van der Waals surface area (Å²) in [6, 6.07) is 18.0. The van der Waals surface area contributed by atoms with E-state index >= 15 is 0 Å². The van der Waals surface area contributed by atoms with Gasteiger partial charge in [0.2, 0.25) is 0 Å². The number of fused-ring (bicyclic) bond motifs is 3. The molecule has 0 amide bonds. The molecule has 1 aliphatic heterocycles. The van der Waals surface area contributed by atoms with Crippen molar-refractivity contribution in [3.8, 4) is 0 Å². The van der Waals surface area contributed by atoms with Crippen LogP contribution in [0.25, 0.3) is 11.8 Å². The largest absolute Gasteiger partial charge is 0.450 e. The van der Waals surface area contributed by atoms with Crippen molar-refractivity contribution in [1.29, 1.82) is 0 Å². The van der Waals surface area contributed by atoms with E-state index in [4.69, 9.17) is 9.41 Å². The van der Waals surface area contributed by atoms with Gasteiger partial charge in [0.1, 0.15) is 11.6 Å². The molecule has 0 N–H and O–H groups in total. The number of rotatable bonds is 2. The number of aromatic nitrogens is 1. The summed E-state index contributed by atoms with van der Waals surface area (Å²) in [5.41, 5.74) is 5.13. The minimum atomic E-state index is -0.319. The molecule has 3 heterocycles. The van der Waals surface area contributed by atoms with Crippen LogP contribution in [-0.2, 0) is 6.42 Å². The Morgan fingerprint density at radius 1 is 1.09 bits per heavy atom. The maximum absolute atomic E-state index is 13.7. The molecule has 7 heteroatoms. The van der Waals surface area contributed by atoms with Crippen molar-refractivity contribution in [3.05, 3.63) is 119 Å². The molecule has 32 heavy (non-hydrogen) atoms. The Kier molecular flexibility index (Phi) is 4.62. The summed E-state index contributed by atoms with van der Waals surface area (Å²) in [4.78, 5) is 19.1. The molecule has 6 rings (SSSR count). The maximum Gasteiger partial charge on any atom is 0.271 e. The van der Waals surface area contributed by atoms with Gasteiger partial charge in [-0.05, 0) is 69.7 Å². The molecule has 2 aromatic heterocycles. The number of nitrogens with zero attached hydrogens (tertiary/aromatic N) is 2. The third-order valence-corrected chi connectivity index (χ3v) is 7.34. The van der Waals surface area contributed by atoms with Gasteiger partial charge in [0.05, 0.1) is 16.3 Å². The molecule has 0 saturated carbocycles. The van der Waals surface area contributed by atoms with Crippen LogP contribution in [0, 0.1) is 5.82 Å². The van der Waals surface area contributed by atoms with Crippen molar-refractivity contribution in [1.82, 2.24) is 4.57 Å². The lowest BCUT2D eigenvalue weighted by Crippen LogP contribution is -2.38. The fourth-order valence-corrected chi connectivity index (χ4v) is 5.80. The molecule has 1 atom stereocenters. The van der Waals surface area contributed by atoms with Gasteiger partial charge in [-0.25, -0.2) is 9.38 Å². The van der Waals surface area contributed by atoms with Crippen LogP contribution in [0.3, 0.4) is 0 Å². The van der Waals surface area contributed by atoms with Gasteiger partial charge in [0.15, 0.2) is 9.47 Å². The molecule has 0 bridgehead atoms. The van der Waals surface area contributed by atoms with Gasteiger partial charge in [0.25, 0.3) is 5.56 Å². The Bertz CT molecular complexity index is 1580. The van der Waals surface area contributed by atoms with Crippen LogP contribution < -0.4 is 14.9 Å². The van der Waals surface area contributed by atoms with Crippen molar-refractivity contribution >= 4 is 39.0 Å². The van der Waals surface area contributed by atoms with Crippen LogP contribution in [-0.4, -0.2) is 4.57 Å². The molecule has 158 valence electrons. The molecular formula is C25H16BrFN2O2S. The van der Waals surface area contributed by atoms with Gasteiger partial charge >= 0.3 is 0 Å². The Balaban J connectivity index is 1.64. The molecule has 0 saturated heterocycles. The van der Waals surface area contributed by atoms with Crippen molar-refractivity contribution in [2.24, 2.45) is 4.99 Å². The zero-order chi connectivity index (χ0) is 21.8. The highest BCUT2D eigenvalue weighted by Crippen LogP contribution is 2.41. The monoisotopic (exact) mass is 506 g/mol. The van der Waals surface area contributed by atoms with Crippen molar-refractivity contribution in [3.63, 3.8) is 0 Å². The van der Waals surface area contributed by atoms with E-state index in [1.165, 1.54) is 29.0 Å². The predicted molar refractivity (Wildman–Crippen MR) is 126 cm³/mol. The molecule has 1 aliphatic carbocycles. The van der Waals surface area contributed by atoms with Crippen molar-refractivity contribution in [2.75, 3.05) is 0 Å². The van der Waals surface area contributed by atoms with Gasteiger partial charge in [-0.1, -0.05) is 47.7 Å². The lowest BCUT2D eigenvalue weighted by molar-refractivity contribution is 0.531. The van der Waals surface area contributed by atoms with Crippen molar-refractivity contribution in [2.45, 2.75) is 18.9 Å². The molecular weight excluding hydrogens is 491 g/mol. The Hall–Kier alpha value is -3.03. The zero-order valence-electron chi connectivity index (χ0n) is 16.7. The average molecular weight is 507 g/mol. The number of furan rings is 1. The fraction of sp³-hybridized carbons (Fsp3) is 0.120. The van der Waals surface area contributed by atoms with Crippen LogP contribution in [0.5, 0.6) is 0 Å². The zero-order valence-corrected chi connectivity index (χ0v) is 19.1. The summed E-state index contributed by atoms with van der Waals surface area (Å²) in [5.74, 6) is 0.294. The third-order valence-electron chi connectivity index (χ3n) is 5.93. The summed E-state index contributed by atoms with van der Waals surface area (Å²) in [7, 11) is 0. The van der Waals surface area contributed by atoms with Gasteiger partial charge in [0, 0.05) is 11.6 Å². The van der Waals surface area contributed by atoms with Crippen LogP contribution in [0.1, 0.15) is 34.9 Å². The van der Waals surface area contributed by atoms with Gasteiger partial charge in [-0.3, -0.25) is 9.36 Å². The van der Waals surface area contributed by atoms with Crippen LogP contribution in [0.15, 0.2) is 85.1 Å². The number of hydrogen-bond acceptors (Lipinski definition) is 4. The first-order chi connectivity index (χ1) is 15.6. The molecule has 4 aromatic rings. The summed E-state index contributed by atoms with van der Waals surface area (Å²) >= 11 is 4.64. The summed E-state index contributed by atoms with van der Waals surface area (Å²) in [6.45, 7) is 0. The van der Waals surface area contributed by atoms with E-state index in [1.807, 2.05) is 12.1 Å². The molecule has 0 unspecified atom stereocenters. The Labute approximate surface area is 194 Å². The summed E-state index contributed by atoms with van der Waals surface area (Å²) in [6.07, 6.45) is 3.42. The second-order valence-electron chi connectivity index (χ2n) is 7.81. The smallest absolute Gasteiger partial charge is 0.271 e. The Morgan fingerprint density at radius 3 is 2.69 bits per heavy atom. The van der Waals surface area contributed by atoms with Crippen molar-refractivity contribution < 1.29 is 8.81 Å². The Morgan fingerprint density at radius 2 is 1.91 bits per heavy atom. The minimum absolute atomic E-state index is 0.124. The number of hydrogen-bond donors (Lipinski definition) is 0. The predicted octanol–water partition coefficient (Wildman–Crippen LogP) is 4.81. The topological polar surface area (TPSA) is 47.5 Å². The SMILES string of the molecule is O=c1/c(=C/c2ccc(Br)o2)sc2n1[C@H](c1ccc(F)cc1)C1=C(N=2)c2ccccc2CC1. The van der Waals surface area contributed by atoms with Crippen LogP contribution >= 0.6 is 27.3 Å². The number of halogens is 2. The second kappa shape index (κ2) is 7.53. The van der Waals surface area contributed by atoms with E-state index in [9.17, 15) is 9.18 Å². The lowest BCUT2D eigenvalue weighted by atomic mass is 9.83. The number of benzene rings is 2. The van der Waals surface area contributed by atoms with Crippen LogP contribution in [0.4, 0.5) is 4.39 Å². The lowest BCUT2D eigenvalue weighted by Gasteiger charge is -2.30. The highest BCUT2D eigenvalue weighted by atomic mass is 79.9. The number of allylic oxidation sites excluding steroid dienone is 1. The molecule has 0 spiro atoms. The van der Waals surface area contributed by atoms with Gasteiger partial charge in [-0.15, -0.1) is 0 Å². The maximum atomic E-state index is 13.7. The first kappa shape index (κ1) is 19.6. The number of thiazole rings is 1.